The van der Waals surface area contributed by atoms with Crippen molar-refractivity contribution in [3.63, 3.8) is 0 Å². The number of nitrogens with one attached hydrogen (secondary N) is 2. The molecule has 2 aromatic rings. The van der Waals surface area contributed by atoms with E-state index in [1.54, 1.807) is 0 Å². The molecule has 0 aliphatic heterocycles. The van der Waals surface area contributed by atoms with E-state index >= 15 is 0 Å². The Kier molecular flexibility index (Phi) is 2.05. The smallest absolute Gasteiger partial charge is 0.188 e. The second-order valence-corrected chi connectivity index (χ2v) is 3.65. The SMILES string of the molecule is Cc1n[nH]c(C)c1Sc1ncn[nH]1. The Hall–Kier alpha value is -1.30. The topological polar surface area (TPSA) is 70.2 Å². The van der Waals surface area contributed by atoms with Crippen LogP contribution in [0.25, 0.3) is 0 Å². The fourth-order valence-corrected chi connectivity index (χ4v) is 1.81. The van der Waals surface area contributed by atoms with Gasteiger partial charge in [-0.3, -0.25) is 10.2 Å². The molecule has 2 heterocycles. The van der Waals surface area contributed by atoms with Crippen molar-refractivity contribution in [3.8, 4) is 0 Å². The van der Waals surface area contributed by atoms with Crippen molar-refractivity contribution in [1.82, 2.24) is 25.4 Å². The average molecular weight is 195 g/mol. The molecule has 5 nitrogen and oxygen atoms in total. The van der Waals surface area contributed by atoms with Crippen LogP contribution in [0.1, 0.15) is 11.4 Å². The lowest BCUT2D eigenvalue weighted by atomic mass is 10.4. The summed E-state index contributed by atoms with van der Waals surface area (Å²) in [6.07, 6.45) is 1.49. The Balaban J connectivity index is 2.27. The fourth-order valence-electron chi connectivity index (χ4n) is 1.03. The quantitative estimate of drug-likeness (QED) is 0.757. The predicted octanol–water partition coefficient (Wildman–Crippen LogP) is 1.30. The maximum atomic E-state index is 4.09. The normalized spacial score (nSPS) is 10.6. The van der Waals surface area contributed by atoms with Crippen LogP contribution in [0.5, 0.6) is 0 Å². The molecule has 6 heteroatoms. The van der Waals surface area contributed by atoms with Gasteiger partial charge in [-0.05, 0) is 25.6 Å². The van der Waals surface area contributed by atoms with Crippen molar-refractivity contribution in [3.05, 3.63) is 17.7 Å². The molecule has 0 saturated heterocycles. The highest BCUT2D eigenvalue weighted by Gasteiger charge is 2.09. The molecule has 0 aliphatic carbocycles. The molecule has 2 N–H and O–H groups in total. The highest BCUT2D eigenvalue weighted by Crippen LogP contribution is 2.28. The van der Waals surface area contributed by atoms with Gasteiger partial charge in [0.15, 0.2) is 5.16 Å². The van der Waals surface area contributed by atoms with Crippen LogP contribution in [0.2, 0.25) is 0 Å². The van der Waals surface area contributed by atoms with E-state index in [0.29, 0.717) is 0 Å². The molecule has 0 aliphatic rings. The van der Waals surface area contributed by atoms with Crippen LogP contribution in [0, 0.1) is 13.8 Å². The minimum absolute atomic E-state index is 0.785. The van der Waals surface area contributed by atoms with Crippen molar-refractivity contribution in [2.24, 2.45) is 0 Å². The first-order valence-corrected chi connectivity index (χ1v) is 4.64. The summed E-state index contributed by atoms with van der Waals surface area (Å²) in [5.74, 6) is 0. The van der Waals surface area contributed by atoms with E-state index in [9.17, 15) is 0 Å². The Bertz CT molecular complexity index is 371. The number of aromatic nitrogens is 5. The van der Waals surface area contributed by atoms with Gasteiger partial charge in [-0.25, -0.2) is 4.98 Å². The lowest BCUT2D eigenvalue weighted by Crippen LogP contribution is -1.79. The minimum Gasteiger partial charge on any atom is -0.281 e. The highest BCUT2D eigenvalue weighted by atomic mass is 32.2. The maximum Gasteiger partial charge on any atom is 0.188 e. The monoisotopic (exact) mass is 195 g/mol. The van der Waals surface area contributed by atoms with E-state index in [4.69, 9.17) is 0 Å². The second kappa shape index (κ2) is 3.21. The van der Waals surface area contributed by atoms with Gasteiger partial charge in [0.2, 0.25) is 0 Å². The third-order valence-corrected chi connectivity index (χ3v) is 2.85. The zero-order valence-electron chi connectivity index (χ0n) is 7.33. The van der Waals surface area contributed by atoms with Gasteiger partial charge in [0.1, 0.15) is 6.33 Å². The number of hydrogen-bond acceptors (Lipinski definition) is 4. The summed E-state index contributed by atoms with van der Waals surface area (Å²) in [6.45, 7) is 3.95. The highest BCUT2D eigenvalue weighted by molar-refractivity contribution is 7.99. The van der Waals surface area contributed by atoms with Crippen LogP contribution in [0.3, 0.4) is 0 Å². The number of rotatable bonds is 2. The molecular weight excluding hydrogens is 186 g/mol. The van der Waals surface area contributed by atoms with Gasteiger partial charge < -0.3 is 0 Å². The summed E-state index contributed by atoms with van der Waals surface area (Å²) >= 11 is 1.53. The van der Waals surface area contributed by atoms with Crippen molar-refractivity contribution in [2.75, 3.05) is 0 Å². The average Bonchev–Trinajstić information content (AvgIpc) is 2.70. The lowest BCUT2D eigenvalue weighted by Gasteiger charge is -1.95. The van der Waals surface area contributed by atoms with E-state index in [0.717, 1.165) is 21.4 Å². The van der Waals surface area contributed by atoms with Crippen LogP contribution in [-0.4, -0.2) is 25.4 Å². The van der Waals surface area contributed by atoms with Crippen molar-refractivity contribution < 1.29 is 0 Å². The van der Waals surface area contributed by atoms with Gasteiger partial charge in [0, 0.05) is 5.69 Å². The second-order valence-electron chi connectivity index (χ2n) is 2.66. The van der Waals surface area contributed by atoms with Gasteiger partial charge in [0.05, 0.1) is 10.6 Å². The number of hydrogen-bond donors (Lipinski definition) is 2. The molecule has 0 atom stereocenters. The molecule has 0 aromatic carbocycles. The fraction of sp³-hybridized carbons (Fsp3) is 0.286. The summed E-state index contributed by atoms with van der Waals surface area (Å²) < 4.78 is 0. The number of H-pyrrole nitrogens is 2. The molecule has 13 heavy (non-hydrogen) atoms. The summed E-state index contributed by atoms with van der Waals surface area (Å²) in [5.41, 5.74) is 2.04. The molecule has 0 saturated carbocycles. The first-order valence-electron chi connectivity index (χ1n) is 3.82. The van der Waals surface area contributed by atoms with Crippen LogP contribution < -0.4 is 0 Å². The number of nitrogens with zero attached hydrogens (tertiary/aromatic N) is 3. The zero-order chi connectivity index (χ0) is 9.26. The Labute approximate surface area is 79.4 Å². The molecule has 0 amide bonds. The molecule has 2 rings (SSSR count). The third-order valence-electron chi connectivity index (χ3n) is 1.65. The van der Waals surface area contributed by atoms with Crippen molar-refractivity contribution >= 4 is 11.8 Å². The number of aromatic amines is 2. The summed E-state index contributed by atoms with van der Waals surface area (Å²) in [7, 11) is 0. The molecule has 0 unspecified atom stereocenters. The Morgan fingerprint density at radius 1 is 1.31 bits per heavy atom. The lowest BCUT2D eigenvalue weighted by molar-refractivity contribution is 0.971. The van der Waals surface area contributed by atoms with Gasteiger partial charge in [-0.2, -0.15) is 10.2 Å². The van der Waals surface area contributed by atoms with Gasteiger partial charge in [0.25, 0.3) is 0 Å². The van der Waals surface area contributed by atoms with Crippen LogP contribution in [0.15, 0.2) is 16.4 Å². The Morgan fingerprint density at radius 2 is 2.15 bits per heavy atom. The minimum atomic E-state index is 0.785. The summed E-state index contributed by atoms with van der Waals surface area (Å²) in [4.78, 5) is 5.14. The van der Waals surface area contributed by atoms with E-state index in [1.165, 1.54) is 18.1 Å². The molecule has 0 radical (unpaired) electrons. The predicted molar refractivity (Wildman–Crippen MR) is 48.6 cm³/mol. The third kappa shape index (κ3) is 1.57. The first-order chi connectivity index (χ1) is 6.27. The van der Waals surface area contributed by atoms with Gasteiger partial charge >= 0.3 is 0 Å². The van der Waals surface area contributed by atoms with Crippen LogP contribution in [0.4, 0.5) is 0 Å². The Morgan fingerprint density at radius 3 is 2.69 bits per heavy atom. The molecule has 2 aromatic heterocycles. The maximum absolute atomic E-state index is 4.09. The van der Waals surface area contributed by atoms with E-state index in [2.05, 4.69) is 25.4 Å². The first kappa shape index (κ1) is 8.31. The molecule has 0 spiro atoms. The standard InChI is InChI=1S/C7H9N5S/c1-4-6(5(2)11-10-4)13-7-8-3-9-12-7/h3H,1-2H3,(H,10,11)(H,8,9,12). The largest absolute Gasteiger partial charge is 0.281 e. The van der Waals surface area contributed by atoms with E-state index < -0.39 is 0 Å². The van der Waals surface area contributed by atoms with E-state index in [-0.39, 0.29) is 0 Å². The van der Waals surface area contributed by atoms with Crippen molar-refractivity contribution in [2.45, 2.75) is 23.9 Å². The zero-order valence-corrected chi connectivity index (χ0v) is 8.14. The van der Waals surface area contributed by atoms with E-state index in [1.807, 2.05) is 13.8 Å². The summed E-state index contributed by atoms with van der Waals surface area (Å²) in [5, 5.41) is 14.4. The molecule has 0 fully saturated rings. The van der Waals surface area contributed by atoms with Gasteiger partial charge in [-0.1, -0.05) is 0 Å². The van der Waals surface area contributed by atoms with Gasteiger partial charge in [-0.15, -0.1) is 0 Å². The summed E-state index contributed by atoms with van der Waals surface area (Å²) in [6, 6.07) is 0. The van der Waals surface area contributed by atoms with Crippen LogP contribution in [-0.2, 0) is 0 Å². The number of aryl methyl sites for hydroxylation is 2. The van der Waals surface area contributed by atoms with Crippen molar-refractivity contribution in [1.29, 1.82) is 0 Å². The molecule has 0 bridgehead atoms. The van der Waals surface area contributed by atoms with Crippen LogP contribution >= 0.6 is 11.8 Å². The molecule has 68 valence electrons. The molecular formula is C7H9N5S.